The lowest BCUT2D eigenvalue weighted by atomic mass is 10.0. The summed E-state index contributed by atoms with van der Waals surface area (Å²) in [4.78, 5) is 12.2. The van der Waals surface area contributed by atoms with Gasteiger partial charge in [0.1, 0.15) is 29.7 Å². The summed E-state index contributed by atoms with van der Waals surface area (Å²) in [6.07, 6.45) is 5.09. The van der Waals surface area contributed by atoms with Crippen molar-refractivity contribution in [2.75, 3.05) is 13.2 Å². The van der Waals surface area contributed by atoms with Gasteiger partial charge in [0.05, 0.1) is 5.69 Å². The SMILES string of the molecule is C=CCOc1ccc(-c2nn(-c3ccccc3)cc2/C=C(\C#N)C(=O)NCC)cc1C. The Morgan fingerprint density at radius 1 is 1.29 bits per heavy atom. The molecule has 3 aromatic rings. The Morgan fingerprint density at radius 3 is 2.71 bits per heavy atom. The number of carbonyl (C=O) groups excluding carboxylic acids is 1. The van der Waals surface area contributed by atoms with Crippen molar-refractivity contribution in [1.29, 1.82) is 5.26 Å². The van der Waals surface area contributed by atoms with E-state index in [9.17, 15) is 10.1 Å². The van der Waals surface area contributed by atoms with Crippen LogP contribution in [0, 0.1) is 18.3 Å². The second kappa shape index (κ2) is 10.1. The first-order chi connectivity index (χ1) is 15.1. The number of nitrogens with one attached hydrogen (secondary N) is 1. The van der Waals surface area contributed by atoms with E-state index >= 15 is 0 Å². The second-order valence-electron chi connectivity index (χ2n) is 6.82. The number of amides is 1. The molecule has 1 amide bonds. The molecule has 6 heteroatoms. The lowest BCUT2D eigenvalue weighted by Crippen LogP contribution is -2.23. The molecule has 0 fully saturated rings. The van der Waals surface area contributed by atoms with Crippen molar-refractivity contribution in [3.8, 4) is 28.8 Å². The van der Waals surface area contributed by atoms with Gasteiger partial charge in [-0.1, -0.05) is 30.9 Å². The third-order valence-corrected chi connectivity index (χ3v) is 4.57. The lowest BCUT2D eigenvalue weighted by Gasteiger charge is -2.09. The fraction of sp³-hybridized carbons (Fsp3) is 0.160. The van der Waals surface area contributed by atoms with Gasteiger partial charge < -0.3 is 10.1 Å². The number of likely N-dealkylation sites (N-methyl/N-ethyl adjacent to an activating group) is 1. The third kappa shape index (κ3) is 5.09. The maximum atomic E-state index is 12.2. The van der Waals surface area contributed by atoms with Gasteiger partial charge in [-0.3, -0.25) is 4.79 Å². The molecule has 156 valence electrons. The number of benzene rings is 2. The Labute approximate surface area is 182 Å². The molecule has 1 heterocycles. The summed E-state index contributed by atoms with van der Waals surface area (Å²) < 4.78 is 7.41. The van der Waals surface area contributed by atoms with E-state index in [-0.39, 0.29) is 5.57 Å². The van der Waals surface area contributed by atoms with Crippen molar-refractivity contribution in [2.24, 2.45) is 0 Å². The number of rotatable bonds is 8. The van der Waals surface area contributed by atoms with Crippen molar-refractivity contribution < 1.29 is 9.53 Å². The Balaban J connectivity index is 2.11. The molecule has 0 saturated carbocycles. The molecule has 1 aromatic heterocycles. The minimum absolute atomic E-state index is 0.0263. The zero-order valence-electron chi connectivity index (χ0n) is 17.6. The average molecular weight is 412 g/mol. The molecule has 0 bridgehead atoms. The van der Waals surface area contributed by atoms with Gasteiger partial charge >= 0.3 is 0 Å². The maximum absolute atomic E-state index is 12.2. The molecule has 6 nitrogen and oxygen atoms in total. The van der Waals surface area contributed by atoms with Crippen LogP contribution in [-0.4, -0.2) is 28.8 Å². The second-order valence-corrected chi connectivity index (χ2v) is 6.82. The third-order valence-electron chi connectivity index (χ3n) is 4.57. The summed E-state index contributed by atoms with van der Waals surface area (Å²) in [5.41, 5.74) is 4.05. The molecule has 0 atom stereocenters. The van der Waals surface area contributed by atoms with Crippen molar-refractivity contribution in [1.82, 2.24) is 15.1 Å². The van der Waals surface area contributed by atoms with Gasteiger partial charge in [0, 0.05) is 23.9 Å². The molecular weight excluding hydrogens is 388 g/mol. The smallest absolute Gasteiger partial charge is 0.261 e. The lowest BCUT2D eigenvalue weighted by molar-refractivity contribution is -0.116. The molecule has 2 aromatic carbocycles. The van der Waals surface area contributed by atoms with Crippen LogP contribution in [0.5, 0.6) is 5.75 Å². The first-order valence-electron chi connectivity index (χ1n) is 9.97. The van der Waals surface area contributed by atoms with Crippen LogP contribution in [-0.2, 0) is 4.79 Å². The Bertz CT molecular complexity index is 1150. The van der Waals surface area contributed by atoms with E-state index in [1.54, 1.807) is 16.8 Å². The quantitative estimate of drug-likeness (QED) is 0.337. The van der Waals surface area contributed by atoms with Crippen LogP contribution in [0.25, 0.3) is 23.0 Å². The van der Waals surface area contributed by atoms with E-state index in [2.05, 4.69) is 11.9 Å². The van der Waals surface area contributed by atoms with Crippen molar-refractivity contribution in [3.63, 3.8) is 0 Å². The van der Waals surface area contributed by atoms with E-state index in [0.717, 1.165) is 22.6 Å². The number of carbonyl (C=O) groups is 1. The van der Waals surface area contributed by atoms with E-state index in [0.29, 0.717) is 24.4 Å². The van der Waals surface area contributed by atoms with Gasteiger partial charge in [0.15, 0.2) is 0 Å². The predicted molar refractivity (Wildman–Crippen MR) is 122 cm³/mol. The molecule has 0 aliphatic rings. The molecule has 0 spiro atoms. The molecule has 0 saturated heterocycles. The average Bonchev–Trinajstić information content (AvgIpc) is 3.21. The number of hydrogen-bond donors (Lipinski definition) is 1. The molecule has 0 aliphatic carbocycles. The Hall–Kier alpha value is -4.11. The summed E-state index contributed by atoms with van der Waals surface area (Å²) in [5.74, 6) is 0.357. The van der Waals surface area contributed by atoms with Gasteiger partial charge in [0.2, 0.25) is 0 Å². The summed E-state index contributed by atoms with van der Waals surface area (Å²) in [6.45, 7) is 8.31. The fourth-order valence-electron chi connectivity index (χ4n) is 3.10. The van der Waals surface area contributed by atoms with Gasteiger partial charge in [-0.2, -0.15) is 10.4 Å². The number of aryl methyl sites for hydroxylation is 1. The van der Waals surface area contributed by atoms with Gasteiger partial charge in [-0.05, 0) is 55.8 Å². The minimum atomic E-state index is -0.409. The van der Waals surface area contributed by atoms with Crippen LogP contribution < -0.4 is 10.1 Å². The molecule has 3 rings (SSSR count). The molecule has 0 aliphatic heterocycles. The number of aromatic nitrogens is 2. The normalized spacial score (nSPS) is 10.9. The van der Waals surface area contributed by atoms with Gasteiger partial charge in [-0.25, -0.2) is 4.68 Å². The van der Waals surface area contributed by atoms with E-state index in [1.165, 1.54) is 0 Å². The summed E-state index contributed by atoms with van der Waals surface area (Å²) in [5, 5.41) is 16.9. The zero-order valence-corrected chi connectivity index (χ0v) is 17.6. The van der Waals surface area contributed by atoms with E-state index < -0.39 is 5.91 Å². The Kier molecular flexibility index (Phi) is 7.02. The summed E-state index contributed by atoms with van der Waals surface area (Å²) in [6, 6.07) is 17.4. The van der Waals surface area contributed by atoms with Crippen LogP contribution >= 0.6 is 0 Å². The van der Waals surface area contributed by atoms with Crippen LogP contribution in [0.3, 0.4) is 0 Å². The fourth-order valence-corrected chi connectivity index (χ4v) is 3.10. The van der Waals surface area contributed by atoms with Crippen LogP contribution in [0.2, 0.25) is 0 Å². The first kappa shape index (κ1) is 21.6. The molecule has 31 heavy (non-hydrogen) atoms. The standard InChI is InChI=1S/C25H24N4O2/c1-4-13-31-23-12-11-19(14-18(23)3)24-21(15-20(16-26)25(30)27-5-2)17-29(28-24)22-9-7-6-8-10-22/h4,6-12,14-15,17H,1,5,13H2,2-3H3,(H,27,30)/b20-15+. The highest BCUT2D eigenvalue weighted by Crippen LogP contribution is 2.30. The number of para-hydroxylation sites is 1. The molecular formula is C25H24N4O2. The van der Waals surface area contributed by atoms with Crippen molar-refractivity contribution in [2.45, 2.75) is 13.8 Å². The topological polar surface area (TPSA) is 79.9 Å². The van der Waals surface area contributed by atoms with Crippen LogP contribution in [0.15, 0.2) is 73.0 Å². The van der Waals surface area contributed by atoms with E-state index in [1.807, 2.05) is 74.6 Å². The van der Waals surface area contributed by atoms with Crippen molar-refractivity contribution in [3.05, 3.63) is 84.1 Å². The van der Waals surface area contributed by atoms with Gasteiger partial charge in [0.25, 0.3) is 5.91 Å². The highest BCUT2D eigenvalue weighted by molar-refractivity contribution is 6.02. The number of hydrogen-bond acceptors (Lipinski definition) is 4. The molecule has 0 radical (unpaired) electrons. The maximum Gasteiger partial charge on any atom is 0.261 e. The van der Waals surface area contributed by atoms with Crippen molar-refractivity contribution >= 4 is 12.0 Å². The monoisotopic (exact) mass is 412 g/mol. The van der Waals surface area contributed by atoms with Crippen LogP contribution in [0.1, 0.15) is 18.1 Å². The van der Waals surface area contributed by atoms with Crippen LogP contribution in [0.4, 0.5) is 0 Å². The Morgan fingerprint density at radius 2 is 2.06 bits per heavy atom. The summed E-state index contributed by atoms with van der Waals surface area (Å²) in [7, 11) is 0. The van der Waals surface area contributed by atoms with Gasteiger partial charge in [-0.15, -0.1) is 0 Å². The first-order valence-corrected chi connectivity index (χ1v) is 9.97. The summed E-state index contributed by atoms with van der Waals surface area (Å²) >= 11 is 0. The number of nitriles is 1. The largest absolute Gasteiger partial charge is 0.489 e. The predicted octanol–water partition coefficient (Wildman–Crippen LogP) is 4.46. The number of ether oxygens (including phenoxy) is 1. The molecule has 1 N–H and O–H groups in total. The van der Waals surface area contributed by atoms with E-state index in [4.69, 9.17) is 9.84 Å². The highest BCUT2D eigenvalue weighted by Gasteiger charge is 2.15. The number of nitrogens with zero attached hydrogens (tertiary/aromatic N) is 3. The highest BCUT2D eigenvalue weighted by atomic mass is 16.5. The zero-order chi connectivity index (χ0) is 22.2. The molecule has 0 unspecified atom stereocenters. The minimum Gasteiger partial charge on any atom is -0.489 e.